The van der Waals surface area contributed by atoms with Gasteiger partial charge in [0.15, 0.2) is 0 Å². The van der Waals surface area contributed by atoms with Crippen molar-refractivity contribution in [2.45, 2.75) is 6.61 Å². The van der Waals surface area contributed by atoms with Crippen LogP contribution in [0.2, 0.25) is 0 Å². The van der Waals surface area contributed by atoms with Gasteiger partial charge in [0.1, 0.15) is 24.7 Å². The summed E-state index contributed by atoms with van der Waals surface area (Å²) >= 11 is 3.49. The molecule has 0 N–H and O–H groups in total. The molecule has 0 amide bonds. The molecule has 0 radical (unpaired) electrons. The molecule has 25 heavy (non-hydrogen) atoms. The summed E-state index contributed by atoms with van der Waals surface area (Å²) in [6.45, 7) is 1.12. The highest BCUT2D eigenvalue weighted by molar-refractivity contribution is 9.10. The Morgan fingerprint density at radius 2 is 1.72 bits per heavy atom. The molecule has 1 heterocycles. The summed E-state index contributed by atoms with van der Waals surface area (Å²) in [5, 5.41) is 0. The monoisotopic (exact) mass is 392 g/mol. The second kappa shape index (κ2) is 7.16. The molecule has 0 bridgehead atoms. The average molecular weight is 393 g/mol. The minimum Gasteiger partial charge on any atom is -0.489 e. The number of hydrogen-bond acceptors (Lipinski definition) is 2. The molecule has 0 atom stereocenters. The number of ether oxygens (including phenoxy) is 2. The number of benzene rings is 3. The van der Waals surface area contributed by atoms with Gasteiger partial charge in [0.05, 0.1) is 0 Å². The van der Waals surface area contributed by atoms with Gasteiger partial charge in [0.2, 0.25) is 0 Å². The predicted octanol–water partition coefficient (Wildman–Crippen LogP) is 5.85. The molecular formula is C22H17BrO2. The van der Waals surface area contributed by atoms with Crippen LogP contribution in [0.1, 0.15) is 16.7 Å². The fourth-order valence-electron chi connectivity index (χ4n) is 2.90. The minimum absolute atomic E-state index is 0.551. The van der Waals surface area contributed by atoms with E-state index in [1.165, 1.54) is 11.1 Å². The summed E-state index contributed by atoms with van der Waals surface area (Å²) in [7, 11) is 0. The van der Waals surface area contributed by atoms with Gasteiger partial charge in [-0.3, -0.25) is 0 Å². The molecule has 0 saturated heterocycles. The van der Waals surface area contributed by atoms with Crippen molar-refractivity contribution in [1.82, 2.24) is 0 Å². The summed E-state index contributed by atoms with van der Waals surface area (Å²) in [5.41, 5.74) is 4.63. The molecule has 1 aliphatic heterocycles. The van der Waals surface area contributed by atoms with Gasteiger partial charge < -0.3 is 9.47 Å². The molecule has 0 unspecified atom stereocenters. The zero-order valence-electron chi connectivity index (χ0n) is 13.6. The Hall–Kier alpha value is -2.52. The Bertz CT molecular complexity index is 899. The SMILES string of the molecule is Brc1ccc(C2=CCOc3cc(OCc4ccccc4)ccc32)cc1. The molecule has 0 spiro atoms. The summed E-state index contributed by atoms with van der Waals surface area (Å²) in [6.07, 6.45) is 2.12. The Kier molecular flexibility index (Phi) is 4.57. The molecule has 0 aliphatic carbocycles. The molecule has 3 heteroatoms. The Labute approximate surface area is 155 Å². The van der Waals surface area contributed by atoms with Crippen LogP contribution in [-0.2, 0) is 6.61 Å². The standard InChI is InChI=1S/C22H17BrO2/c23-18-8-6-17(7-9-18)20-12-13-24-22-14-19(10-11-21(20)22)25-15-16-4-2-1-3-5-16/h1-12,14H,13,15H2. The van der Waals surface area contributed by atoms with E-state index in [1.54, 1.807) is 0 Å². The maximum absolute atomic E-state index is 5.91. The van der Waals surface area contributed by atoms with Crippen molar-refractivity contribution in [1.29, 1.82) is 0 Å². The van der Waals surface area contributed by atoms with Crippen molar-refractivity contribution in [2.24, 2.45) is 0 Å². The van der Waals surface area contributed by atoms with Crippen LogP contribution in [0.4, 0.5) is 0 Å². The van der Waals surface area contributed by atoms with Gasteiger partial charge in [0.25, 0.3) is 0 Å². The highest BCUT2D eigenvalue weighted by Crippen LogP contribution is 2.37. The fraction of sp³-hybridized carbons (Fsp3) is 0.0909. The van der Waals surface area contributed by atoms with E-state index in [-0.39, 0.29) is 0 Å². The zero-order valence-corrected chi connectivity index (χ0v) is 15.2. The van der Waals surface area contributed by atoms with Crippen molar-refractivity contribution < 1.29 is 9.47 Å². The van der Waals surface area contributed by atoms with E-state index in [0.717, 1.165) is 27.1 Å². The number of fused-ring (bicyclic) bond motifs is 1. The van der Waals surface area contributed by atoms with E-state index in [4.69, 9.17) is 9.47 Å². The third-order valence-corrected chi connectivity index (χ3v) is 4.70. The Morgan fingerprint density at radius 1 is 0.920 bits per heavy atom. The van der Waals surface area contributed by atoms with Crippen LogP contribution in [-0.4, -0.2) is 6.61 Å². The van der Waals surface area contributed by atoms with Crippen molar-refractivity contribution in [3.8, 4) is 11.5 Å². The Balaban J connectivity index is 1.56. The van der Waals surface area contributed by atoms with E-state index >= 15 is 0 Å². The van der Waals surface area contributed by atoms with Crippen LogP contribution in [0.15, 0.2) is 83.3 Å². The van der Waals surface area contributed by atoms with Crippen LogP contribution < -0.4 is 9.47 Å². The molecular weight excluding hydrogens is 376 g/mol. The second-order valence-corrected chi connectivity index (χ2v) is 6.78. The molecule has 1 aliphatic rings. The van der Waals surface area contributed by atoms with Crippen LogP contribution in [0.25, 0.3) is 5.57 Å². The zero-order chi connectivity index (χ0) is 17.1. The summed E-state index contributed by atoms with van der Waals surface area (Å²) in [4.78, 5) is 0. The lowest BCUT2D eigenvalue weighted by atomic mass is 9.95. The van der Waals surface area contributed by atoms with Crippen LogP contribution in [0.5, 0.6) is 11.5 Å². The topological polar surface area (TPSA) is 18.5 Å². The van der Waals surface area contributed by atoms with Gasteiger partial charge in [-0.2, -0.15) is 0 Å². The predicted molar refractivity (Wildman–Crippen MR) is 104 cm³/mol. The van der Waals surface area contributed by atoms with Crippen LogP contribution in [0.3, 0.4) is 0 Å². The number of hydrogen-bond donors (Lipinski definition) is 0. The normalized spacial score (nSPS) is 12.8. The molecule has 2 nitrogen and oxygen atoms in total. The lowest BCUT2D eigenvalue weighted by Gasteiger charge is -2.20. The summed E-state index contributed by atoms with van der Waals surface area (Å²) in [5.74, 6) is 1.69. The van der Waals surface area contributed by atoms with Gasteiger partial charge in [-0.05, 0) is 47.0 Å². The van der Waals surface area contributed by atoms with Gasteiger partial charge >= 0.3 is 0 Å². The van der Waals surface area contributed by atoms with Gasteiger partial charge in [-0.1, -0.05) is 58.4 Å². The van der Waals surface area contributed by atoms with Crippen molar-refractivity contribution in [2.75, 3.05) is 6.61 Å². The smallest absolute Gasteiger partial charge is 0.131 e. The molecule has 0 fully saturated rings. The second-order valence-electron chi connectivity index (χ2n) is 5.87. The van der Waals surface area contributed by atoms with Crippen molar-refractivity contribution >= 4 is 21.5 Å². The maximum atomic E-state index is 5.91. The molecule has 0 aromatic heterocycles. The number of rotatable bonds is 4. The first kappa shape index (κ1) is 16.0. The third kappa shape index (κ3) is 3.62. The molecule has 3 aromatic rings. The molecule has 0 saturated carbocycles. The van der Waals surface area contributed by atoms with E-state index in [2.05, 4.69) is 64.5 Å². The lowest BCUT2D eigenvalue weighted by molar-refractivity contribution is 0.301. The minimum atomic E-state index is 0.551. The lowest BCUT2D eigenvalue weighted by Crippen LogP contribution is -2.06. The maximum Gasteiger partial charge on any atom is 0.131 e. The number of halogens is 1. The van der Waals surface area contributed by atoms with E-state index in [9.17, 15) is 0 Å². The van der Waals surface area contributed by atoms with Crippen molar-refractivity contribution in [3.05, 3.63) is 100 Å². The van der Waals surface area contributed by atoms with Gasteiger partial charge in [-0.25, -0.2) is 0 Å². The van der Waals surface area contributed by atoms with Crippen LogP contribution >= 0.6 is 15.9 Å². The van der Waals surface area contributed by atoms with Gasteiger partial charge in [-0.15, -0.1) is 0 Å². The molecule has 4 rings (SSSR count). The van der Waals surface area contributed by atoms with Gasteiger partial charge in [0, 0.05) is 16.1 Å². The first-order chi connectivity index (χ1) is 12.3. The van der Waals surface area contributed by atoms with E-state index in [1.807, 2.05) is 30.3 Å². The van der Waals surface area contributed by atoms with Crippen molar-refractivity contribution in [3.63, 3.8) is 0 Å². The first-order valence-corrected chi connectivity index (χ1v) is 8.99. The average Bonchev–Trinajstić information content (AvgIpc) is 2.67. The highest BCUT2D eigenvalue weighted by Gasteiger charge is 2.16. The molecule has 3 aromatic carbocycles. The third-order valence-electron chi connectivity index (χ3n) is 4.17. The summed E-state index contributed by atoms with van der Waals surface area (Å²) < 4.78 is 12.8. The fourth-order valence-corrected chi connectivity index (χ4v) is 3.17. The molecule has 124 valence electrons. The van der Waals surface area contributed by atoms with E-state index in [0.29, 0.717) is 13.2 Å². The highest BCUT2D eigenvalue weighted by atomic mass is 79.9. The quantitative estimate of drug-likeness (QED) is 0.554. The Morgan fingerprint density at radius 3 is 2.52 bits per heavy atom. The largest absolute Gasteiger partial charge is 0.489 e. The first-order valence-electron chi connectivity index (χ1n) is 8.20. The van der Waals surface area contributed by atoms with E-state index < -0.39 is 0 Å². The van der Waals surface area contributed by atoms with Crippen LogP contribution in [0, 0.1) is 0 Å². The summed E-state index contributed by atoms with van der Waals surface area (Å²) in [6, 6.07) is 24.6.